The van der Waals surface area contributed by atoms with E-state index in [0.29, 0.717) is 18.9 Å². The van der Waals surface area contributed by atoms with Gasteiger partial charge in [-0.15, -0.1) is 0 Å². The van der Waals surface area contributed by atoms with Gasteiger partial charge < -0.3 is 15.3 Å². The second-order valence-corrected chi connectivity index (χ2v) is 5.59. The number of aliphatic hydroxyl groups is 1. The molecular weight excluding hydrogens is 268 g/mol. The van der Waals surface area contributed by atoms with Crippen LogP contribution in [0.15, 0.2) is 24.3 Å². The maximum Gasteiger partial charge on any atom is 0.316 e. The van der Waals surface area contributed by atoms with Gasteiger partial charge in [0.2, 0.25) is 0 Å². The first-order chi connectivity index (χ1) is 10.0. The van der Waals surface area contributed by atoms with Crippen molar-refractivity contribution < 1.29 is 14.7 Å². The number of fused-ring (bicyclic) bond motifs is 1. The maximum atomic E-state index is 12.4. The van der Waals surface area contributed by atoms with Crippen LogP contribution < -0.4 is 10.2 Å². The molecule has 0 aliphatic carbocycles. The van der Waals surface area contributed by atoms with Gasteiger partial charge in [0.1, 0.15) is 0 Å². The van der Waals surface area contributed by atoms with Crippen molar-refractivity contribution in [2.75, 3.05) is 18.1 Å². The predicted octanol–water partition coefficient (Wildman–Crippen LogP) is 1.41. The molecule has 114 valence electrons. The number of carbonyl (C=O) groups is 2. The van der Waals surface area contributed by atoms with Gasteiger partial charge in [0, 0.05) is 24.9 Å². The lowest BCUT2D eigenvalue weighted by Gasteiger charge is -2.32. The Labute approximate surface area is 125 Å². The lowest BCUT2D eigenvalue weighted by molar-refractivity contribution is -0.138. The number of carbonyl (C=O) groups excluding carboxylic acids is 2. The molecule has 0 radical (unpaired) electrons. The molecule has 5 nitrogen and oxygen atoms in total. The van der Waals surface area contributed by atoms with Crippen LogP contribution in [0.1, 0.15) is 38.2 Å². The zero-order chi connectivity index (χ0) is 15.4. The van der Waals surface area contributed by atoms with Gasteiger partial charge in [-0.1, -0.05) is 25.1 Å². The van der Waals surface area contributed by atoms with Crippen molar-refractivity contribution in [3.8, 4) is 0 Å². The Bertz CT molecular complexity index is 530. The van der Waals surface area contributed by atoms with Gasteiger partial charge in [-0.25, -0.2) is 0 Å². The number of para-hydroxylation sites is 1. The molecule has 21 heavy (non-hydrogen) atoms. The molecule has 1 aliphatic rings. The topological polar surface area (TPSA) is 69.6 Å². The van der Waals surface area contributed by atoms with E-state index in [1.165, 1.54) is 0 Å². The van der Waals surface area contributed by atoms with Crippen LogP contribution in [0.25, 0.3) is 0 Å². The third kappa shape index (κ3) is 3.42. The smallest absolute Gasteiger partial charge is 0.316 e. The van der Waals surface area contributed by atoms with Crippen LogP contribution in [0.2, 0.25) is 0 Å². The highest BCUT2D eigenvalue weighted by Gasteiger charge is 2.30. The molecule has 1 aromatic carbocycles. The Morgan fingerprint density at radius 3 is 2.86 bits per heavy atom. The Balaban J connectivity index is 2.13. The number of amides is 2. The number of hydrogen-bond acceptors (Lipinski definition) is 3. The third-order valence-electron chi connectivity index (χ3n) is 3.92. The minimum Gasteiger partial charge on any atom is -0.396 e. The molecule has 1 aromatic rings. The highest BCUT2D eigenvalue weighted by Crippen LogP contribution is 2.34. The Kier molecular flexibility index (Phi) is 4.96. The van der Waals surface area contributed by atoms with Crippen LogP contribution in [0.4, 0.5) is 5.69 Å². The number of hydrogen-bond donors (Lipinski definition) is 2. The Hall–Kier alpha value is -1.88. The Morgan fingerprint density at radius 2 is 2.14 bits per heavy atom. The normalized spacial score (nSPS) is 18.8. The van der Waals surface area contributed by atoms with Crippen molar-refractivity contribution in [1.82, 2.24) is 5.32 Å². The maximum absolute atomic E-state index is 12.4. The number of rotatable bonds is 3. The molecule has 0 spiro atoms. The number of nitrogens with one attached hydrogen (secondary N) is 1. The number of aliphatic hydroxyl groups excluding tert-OH is 1. The van der Waals surface area contributed by atoms with Crippen molar-refractivity contribution >= 4 is 17.5 Å². The van der Waals surface area contributed by atoms with Gasteiger partial charge in [-0.05, 0) is 37.3 Å². The number of benzene rings is 1. The summed E-state index contributed by atoms with van der Waals surface area (Å²) in [6.07, 6.45) is 1.29. The molecule has 2 atom stereocenters. The van der Waals surface area contributed by atoms with Crippen molar-refractivity contribution in [3.63, 3.8) is 0 Å². The zero-order valence-electron chi connectivity index (χ0n) is 12.5. The van der Waals surface area contributed by atoms with Gasteiger partial charge in [-0.3, -0.25) is 9.59 Å². The van der Waals surface area contributed by atoms with E-state index in [1.54, 1.807) is 11.8 Å². The summed E-state index contributed by atoms with van der Waals surface area (Å²) in [5.41, 5.74) is 1.93. The van der Waals surface area contributed by atoms with Crippen LogP contribution >= 0.6 is 0 Å². The molecule has 1 aliphatic heterocycles. The SMILES string of the molecule is CC1CCN(C(=O)C(=O)N[C@H](C)CCO)c2ccccc21. The molecule has 0 saturated heterocycles. The lowest BCUT2D eigenvalue weighted by Crippen LogP contribution is -2.48. The second-order valence-electron chi connectivity index (χ2n) is 5.59. The molecule has 0 fully saturated rings. The summed E-state index contributed by atoms with van der Waals surface area (Å²) >= 11 is 0. The van der Waals surface area contributed by atoms with E-state index in [2.05, 4.69) is 12.2 Å². The molecule has 0 saturated carbocycles. The van der Waals surface area contributed by atoms with Gasteiger partial charge in [0.05, 0.1) is 0 Å². The molecule has 1 heterocycles. The largest absolute Gasteiger partial charge is 0.396 e. The molecule has 5 heteroatoms. The molecule has 0 bridgehead atoms. The summed E-state index contributed by atoms with van der Waals surface area (Å²) in [5.74, 6) is -0.749. The summed E-state index contributed by atoms with van der Waals surface area (Å²) in [4.78, 5) is 25.9. The summed E-state index contributed by atoms with van der Waals surface area (Å²) in [7, 11) is 0. The van der Waals surface area contributed by atoms with Crippen molar-refractivity contribution in [3.05, 3.63) is 29.8 Å². The van der Waals surface area contributed by atoms with E-state index in [-0.39, 0.29) is 12.6 Å². The first-order valence-corrected chi connectivity index (χ1v) is 7.36. The van der Waals surface area contributed by atoms with E-state index in [0.717, 1.165) is 17.7 Å². The molecule has 1 unspecified atom stereocenters. The third-order valence-corrected chi connectivity index (χ3v) is 3.92. The lowest BCUT2D eigenvalue weighted by atomic mass is 9.91. The summed E-state index contributed by atoms with van der Waals surface area (Å²) in [5, 5.41) is 11.5. The van der Waals surface area contributed by atoms with Crippen molar-refractivity contribution in [2.45, 2.75) is 38.6 Å². The Morgan fingerprint density at radius 1 is 1.43 bits per heavy atom. The molecule has 2 amide bonds. The van der Waals surface area contributed by atoms with Gasteiger partial charge >= 0.3 is 11.8 Å². The first-order valence-electron chi connectivity index (χ1n) is 7.36. The first kappa shape index (κ1) is 15.5. The van der Waals surface area contributed by atoms with Crippen LogP contribution in [-0.2, 0) is 9.59 Å². The van der Waals surface area contributed by atoms with Crippen molar-refractivity contribution in [2.24, 2.45) is 0 Å². The van der Waals surface area contributed by atoms with E-state index >= 15 is 0 Å². The van der Waals surface area contributed by atoms with E-state index in [4.69, 9.17) is 5.11 Å². The highest BCUT2D eigenvalue weighted by molar-refractivity contribution is 6.40. The minimum atomic E-state index is -0.611. The van der Waals surface area contributed by atoms with Gasteiger partial charge in [-0.2, -0.15) is 0 Å². The molecule has 0 aromatic heterocycles. The fraction of sp³-hybridized carbons (Fsp3) is 0.500. The van der Waals surface area contributed by atoms with Crippen LogP contribution in [0.5, 0.6) is 0 Å². The van der Waals surface area contributed by atoms with E-state index in [9.17, 15) is 9.59 Å². The van der Waals surface area contributed by atoms with E-state index in [1.807, 2.05) is 24.3 Å². The zero-order valence-corrected chi connectivity index (χ0v) is 12.5. The monoisotopic (exact) mass is 290 g/mol. The minimum absolute atomic E-state index is 0.0142. The van der Waals surface area contributed by atoms with Crippen LogP contribution in [-0.4, -0.2) is 36.1 Å². The summed E-state index contributed by atoms with van der Waals surface area (Å²) < 4.78 is 0. The highest BCUT2D eigenvalue weighted by atomic mass is 16.3. The predicted molar refractivity (Wildman–Crippen MR) is 81.1 cm³/mol. The summed E-state index contributed by atoms with van der Waals surface area (Å²) in [6.45, 7) is 4.44. The van der Waals surface area contributed by atoms with Crippen LogP contribution in [0.3, 0.4) is 0 Å². The molecule has 2 rings (SSSR count). The van der Waals surface area contributed by atoms with Crippen molar-refractivity contribution in [1.29, 1.82) is 0 Å². The molecular formula is C16H22N2O3. The standard InChI is InChI=1S/C16H22N2O3/c1-11-7-9-18(14-6-4-3-5-13(11)14)16(21)15(20)17-12(2)8-10-19/h3-6,11-12,19H,7-10H2,1-2H3,(H,17,20)/t11?,12-/m1/s1. The van der Waals surface area contributed by atoms with Crippen LogP contribution in [0, 0.1) is 0 Å². The average Bonchev–Trinajstić information content (AvgIpc) is 2.47. The van der Waals surface area contributed by atoms with Gasteiger partial charge in [0.15, 0.2) is 0 Å². The van der Waals surface area contributed by atoms with Gasteiger partial charge in [0.25, 0.3) is 0 Å². The number of anilines is 1. The average molecular weight is 290 g/mol. The van der Waals surface area contributed by atoms with E-state index < -0.39 is 11.8 Å². The second kappa shape index (κ2) is 6.72. The number of nitrogens with zero attached hydrogens (tertiary/aromatic N) is 1. The summed E-state index contributed by atoms with van der Waals surface area (Å²) in [6, 6.07) is 7.50. The molecule has 2 N–H and O–H groups in total. The fourth-order valence-corrected chi connectivity index (χ4v) is 2.63. The fourth-order valence-electron chi connectivity index (χ4n) is 2.63. The quantitative estimate of drug-likeness (QED) is 0.827.